The quantitative estimate of drug-likeness (QED) is 0.924. The van der Waals surface area contributed by atoms with E-state index in [1.807, 2.05) is 13.0 Å². The monoisotopic (exact) mass is 344 g/mol. The average molecular weight is 346 g/mol. The van der Waals surface area contributed by atoms with Gasteiger partial charge in [0.25, 0.3) is 0 Å². The molecule has 1 aromatic heterocycles. The molecule has 1 aromatic carbocycles. The van der Waals surface area contributed by atoms with Crippen LogP contribution in [0.4, 0.5) is 0 Å². The van der Waals surface area contributed by atoms with Crippen molar-refractivity contribution < 1.29 is 9.84 Å². The Kier molecular flexibility index (Phi) is 4.50. The van der Waals surface area contributed by atoms with Gasteiger partial charge in [0.2, 0.25) is 0 Å². The highest BCUT2D eigenvalue weighted by Crippen LogP contribution is 2.34. The molecule has 19 heavy (non-hydrogen) atoms. The molecule has 1 unspecified atom stereocenters. The molecule has 0 radical (unpaired) electrons. The Bertz CT molecular complexity index is 586. The van der Waals surface area contributed by atoms with Gasteiger partial charge in [0.15, 0.2) is 0 Å². The van der Waals surface area contributed by atoms with Crippen molar-refractivity contribution in [2.24, 2.45) is 0 Å². The summed E-state index contributed by atoms with van der Waals surface area (Å²) in [7, 11) is 1.57. The second-order valence-electron chi connectivity index (χ2n) is 3.98. The van der Waals surface area contributed by atoms with Crippen LogP contribution in [0.5, 0.6) is 5.75 Å². The SMILES string of the molecule is CCn1ncc(Cl)c1C(O)c1ccc(Br)cc1OC. The Morgan fingerprint density at radius 2 is 2.26 bits per heavy atom. The number of aryl methyl sites for hydroxylation is 1. The Morgan fingerprint density at radius 3 is 2.89 bits per heavy atom. The van der Waals surface area contributed by atoms with E-state index in [2.05, 4.69) is 21.0 Å². The second kappa shape index (κ2) is 5.94. The molecule has 0 aliphatic heterocycles. The molecule has 1 N–H and O–H groups in total. The van der Waals surface area contributed by atoms with E-state index >= 15 is 0 Å². The van der Waals surface area contributed by atoms with Crippen LogP contribution in [-0.2, 0) is 6.54 Å². The van der Waals surface area contributed by atoms with Crippen molar-refractivity contribution in [3.8, 4) is 5.75 Å². The van der Waals surface area contributed by atoms with Crippen LogP contribution in [0.25, 0.3) is 0 Å². The van der Waals surface area contributed by atoms with E-state index in [1.165, 1.54) is 6.20 Å². The molecule has 0 spiro atoms. The van der Waals surface area contributed by atoms with Crippen LogP contribution in [0.2, 0.25) is 5.02 Å². The second-order valence-corrected chi connectivity index (χ2v) is 5.31. The lowest BCUT2D eigenvalue weighted by Crippen LogP contribution is -2.10. The van der Waals surface area contributed by atoms with Crippen molar-refractivity contribution in [3.05, 3.63) is 45.1 Å². The van der Waals surface area contributed by atoms with E-state index in [0.717, 1.165) is 4.47 Å². The largest absolute Gasteiger partial charge is 0.496 e. The minimum atomic E-state index is -0.877. The number of aliphatic hydroxyl groups excluding tert-OH is 1. The third-order valence-corrected chi connectivity index (χ3v) is 3.67. The zero-order valence-electron chi connectivity index (χ0n) is 10.6. The van der Waals surface area contributed by atoms with Crippen molar-refractivity contribution in [1.29, 1.82) is 0 Å². The molecule has 0 aliphatic rings. The molecule has 0 aliphatic carbocycles. The lowest BCUT2D eigenvalue weighted by atomic mass is 10.1. The number of aliphatic hydroxyl groups is 1. The van der Waals surface area contributed by atoms with Gasteiger partial charge in [0.1, 0.15) is 11.9 Å². The van der Waals surface area contributed by atoms with Crippen LogP contribution < -0.4 is 4.74 Å². The molecular formula is C13H14BrClN2O2. The molecule has 6 heteroatoms. The van der Waals surface area contributed by atoms with Crippen molar-refractivity contribution in [2.45, 2.75) is 19.6 Å². The average Bonchev–Trinajstić information content (AvgIpc) is 2.78. The summed E-state index contributed by atoms with van der Waals surface area (Å²) in [5.41, 5.74) is 1.23. The first-order chi connectivity index (χ1) is 9.08. The third-order valence-electron chi connectivity index (χ3n) is 2.88. The molecule has 1 heterocycles. The van der Waals surface area contributed by atoms with Crippen LogP contribution >= 0.6 is 27.5 Å². The van der Waals surface area contributed by atoms with Crippen molar-refractivity contribution in [1.82, 2.24) is 9.78 Å². The maximum atomic E-state index is 10.5. The maximum Gasteiger partial charge on any atom is 0.126 e. The predicted octanol–water partition coefficient (Wildman–Crippen LogP) is 3.41. The van der Waals surface area contributed by atoms with Crippen molar-refractivity contribution in [2.75, 3.05) is 7.11 Å². The van der Waals surface area contributed by atoms with Gasteiger partial charge in [0, 0.05) is 16.6 Å². The molecule has 0 bridgehead atoms. The third kappa shape index (κ3) is 2.78. The van der Waals surface area contributed by atoms with Gasteiger partial charge in [-0.15, -0.1) is 0 Å². The van der Waals surface area contributed by atoms with Crippen LogP contribution in [0.3, 0.4) is 0 Å². The van der Waals surface area contributed by atoms with Crippen molar-refractivity contribution >= 4 is 27.5 Å². The Labute approximate surface area is 125 Å². The molecule has 2 aromatic rings. The molecule has 0 saturated carbocycles. The fourth-order valence-corrected chi connectivity index (χ4v) is 2.54. The van der Waals surface area contributed by atoms with Gasteiger partial charge in [-0.05, 0) is 19.1 Å². The highest BCUT2D eigenvalue weighted by Gasteiger charge is 2.22. The van der Waals surface area contributed by atoms with E-state index in [-0.39, 0.29) is 0 Å². The Hall–Kier alpha value is -1.04. The van der Waals surface area contributed by atoms with E-state index in [9.17, 15) is 5.11 Å². The number of hydrogen-bond donors (Lipinski definition) is 1. The molecular weight excluding hydrogens is 332 g/mol. The number of methoxy groups -OCH3 is 1. The summed E-state index contributed by atoms with van der Waals surface area (Å²) in [6, 6.07) is 5.46. The Balaban J connectivity index is 2.49. The number of aromatic nitrogens is 2. The normalized spacial score (nSPS) is 12.5. The number of ether oxygens (including phenoxy) is 1. The summed E-state index contributed by atoms with van der Waals surface area (Å²) in [5, 5.41) is 15.1. The van der Waals surface area contributed by atoms with E-state index in [4.69, 9.17) is 16.3 Å². The fraction of sp³-hybridized carbons (Fsp3) is 0.308. The molecule has 1 atom stereocenters. The smallest absolute Gasteiger partial charge is 0.126 e. The first kappa shape index (κ1) is 14.4. The summed E-state index contributed by atoms with van der Waals surface area (Å²) < 4.78 is 7.86. The van der Waals surface area contributed by atoms with Gasteiger partial charge in [-0.1, -0.05) is 33.6 Å². The highest BCUT2D eigenvalue weighted by atomic mass is 79.9. The topological polar surface area (TPSA) is 47.3 Å². The Morgan fingerprint density at radius 1 is 1.53 bits per heavy atom. The first-order valence-corrected chi connectivity index (χ1v) is 6.98. The summed E-state index contributed by atoms with van der Waals surface area (Å²) in [6.45, 7) is 2.58. The minimum Gasteiger partial charge on any atom is -0.496 e. The first-order valence-electron chi connectivity index (χ1n) is 5.81. The van der Waals surface area contributed by atoms with Crippen LogP contribution in [0, 0.1) is 0 Å². The summed E-state index contributed by atoms with van der Waals surface area (Å²) in [6.07, 6.45) is 0.660. The van der Waals surface area contributed by atoms with Gasteiger partial charge in [0.05, 0.1) is 24.0 Å². The van der Waals surface area contributed by atoms with Crippen LogP contribution in [-0.4, -0.2) is 22.0 Å². The number of hydrogen-bond acceptors (Lipinski definition) is 3. The molecule has 0 amide bonds. The van der Waals surface area contributed by atoms with Gasteiger partial charge in [-0.2, -0.15) is 5.10 Å². The van der Waals surface area contributed by atoms with E-state index in [1.54, 1.807) is 23.9 Å². The zero-order valence-corrected chi connectivity index (χ0v) is 12.9. The standard InChI is InChI=1S/C13H14BrClN2O2/c1-3-17-12(10(15)7-16-17)13(18)9-5-4-8(14)6-11(9)19-2/h4-7,13,18H,3H2,1-2H3. The number of rotatable bonds is 4. The number of nitrogens with zero attached hydrogens (tertiary/aromatic N) is 2. The predicted molar refractivity (Wildman–Crippen MR) is 77.7 cm³/mol. The summed E-state index contributed by atoms with van der Waals surface area (Å²) in [4.78, 5) is 0. The minimum absolute atomic E-state index is 0.444. The molecule has 0 saturated heterocycles. The summed E-state index contributed by atoms with van der Waals surface area (Å²) in [5.74, 6) is 0.599. The number of benzene rings is 1. The van der Waals surface area contributed by atoms with Crippen LogP contribution in [0.15, 0.2) is 28.9 Å². The fourth-order valence-electron chi connectivity index (χ4n) is 1.95. The highest BCUT2D eigenvalue weighted by molar-refractivity contribution is 9.10. The van der Waals surface area contributed by atoms with Crippen LogP contribution in [0.1, 0.15) is 24.3 Å². The summed E-state index contributed by atoms with van der Waals surface area (Å²) >= 11 is 9.47. The van der Waals surface area contributed by atoms with Gasteiger partial charge in [-0.3, -0.25) is 4.68 Å². The van der Waals surface area contributed by atoms with Gasteiger partial charge < -0.3 is 9.84 Å². The van der Waals surface area contributed by atoms with E-state index < -0.39 is 6.10 Å². The molecule has 102 valence electrons. The van der Waals surface area contributed by atoms with Gasteiger partial charge in [-0.25, -0.2) is 0 Å². The maximum absolute atomic E-state index is 10.5. The molecule has 2 rings (SSSR count). The lowest BCUT2D eigenvalue weighted by molar-refractivity contribution is 0.203. The zero-order chi connectivity index (χ0) is 14.0. The van der Waals surface area contributed by atoms with E-state index in [0.29, 0.717) is 28.6 Å². The van der Waals surface area contributed by atoms with Gasteiger partial charge >= 0.3 is 0 Å². The lowest BCUT2D eigenvalue weighted by Gasteiger charge is -2.16. The molecule has 4 nitrogen and oxygen atoms in total. The van der Waals surface area contributed by atoms with Crippen molar-refractivity contribution in [3.63, 3.8) is 0 Å². The number of halogens is 2. The molecule has 0 fully saturated rings.